The first-order valence-electron chi connectivity index (χ1n) is 8.41. The van der Waals surface area contributed by atoms with E-state index in [1.54, 1.807) is 0 Å². The van der Waals surface area contributed by atoms with Crippen molar-refractivity contribution in [2.45, 2.75) is 58.4 Å². The quantitative estimate of drug-likeness (QED) is 0.810. The molecule has 0 aromatic carbocycles. The zero-order valence-corrected chi connectivity index (χ0v) is 14.2. The number of ether oxygens (including phenoxy) is 1. The van der Waals surface area contributed by atoms with E-state index in [0.29, 0.717) is 31.3 Å². The van der Waals surface area contributed by atoms with Crippen LogP contribution in [0.15, 0.2) is 0 Å². The van der Waals surface area contributed by atoms with E-state index in [-0.39, 0.29) is 11.4 Å². The molecular weight excluding hydrogens is 264 g/mol. The van der Waals surface area contributed by atoms with Gasteiger partial charge in [-0.3, -0.25) is 4.79 Å². The number of hydrogen-bond acceptors (Lipinski definition) is 4. The van der Waals surface area contributed by atoms with Gasteiger partial charge in [-0.2, -0.15) is 0 Å². The van der Waals surface area contributed by atoms with Crippen LogP contribution in [0, 0.1) is 17.3 Å². The monoisotopic (exact) mass is 296 g/mol. The lowest BCUT2D eigenvalue weighted by molar-refractivity contribution is -0.156. The van der Waals surface area contributed by atoms with Crippen molar-refractivity contribution in [1.82, 2.24) is 4.90 Å². The van der Waals surface area contributed by atoms with Crippen molar-refractivity contribution < 1.29 is 9.53 Å². The summed E-state index contributed by atoms with van der Waals surface area (Å²) >= 11 is 0. The summed E-state index contributed by atoms with van der Waals surface area (Å²) in [5.41, 5.74) is 5.65. The van der Waals surface area contributed by atoms with Gasteiger partial charge in [0.25, 0.3) is 0 Å². The third-order valence-corrected chi connectivity index (χ3v) is 5.78. The molecule has 2 unspecified atom stereocenters. The van der Waals surface area contributed by atoms with Gasteiger partial charge < -0.3 is 15.4 Å². The SMILES string of the molecule is CC(C)C1CCCC1(C)COC(=O)C1(N)CCN(C)CC1. The summed E-state index contributed by atoms with van der Waals surface area (Å²) in [5.74, 6) is 1.11. The number of likely N-dealkylation sites (tertiary alicyclic amines) is 1. The summed E-state index contributed by atoms with van der Waals surface area (Å²) in [5, 5.41) is 0. The second-order valence-electron chi connectivity index (χ2n) is 7.93. The van der Waals surface area contributed by atoms with Crippen LogP contribution in [-0.2, 0) is 9.53 Å². The van der Waals surface area contributed by atoms with Crippen LogP contribution in [0.25, 0.3) is 0 Å². The Morgan fingerprint density at radius 2 is 1.95 bits per heavy atom. The molecule has 1 aliphatic heterocycles. The molecule has 0 spiro atoms. The van der Waals surface area contributed by atoms with Gasteiger partial charge in [-0.25, -0.2) is 0 Å². The maximum Gasteiger partial charge on any atom is 0.326 e. The minimum atomic E-state index is -0.769. The van der Waals surface area contributed by atoms with Crippen LogP contribution in [-0.4, -0.2) is 43.2 Å². The minimum absolute atomic E-state index is 0.131. The number of esters is 1. The highest BCUT2D eigenvalue weighted by atomic mass is 16.5. The number of nitrogens with two attached hydrogens (primary N) is 1. The number of carbonyl (C=O) groups is 1. The van der Waals surface area contributed by atoms with Crippen LogP contribution in [0.4, 0.5) is 0 Å². The van der Waals surface area contributed by atoms with E-state index in [1.807, 2.05) is 0 Å². The van der Waals surface area contributed by atoms with Gasteiger partial charge in [-0.05, 0) is 44.6 Å². The average Bonchev–Trinajstić information content (AvgIpc) is 2.82. The number of nitrogens with zero attached hydrogens (tertiary/aromatic N) is 1. The molecule has 4 heteroatoms. The Labute approximate surface area is 129 Å². The summed E-state index contributed by atoms with van der Waals surface area (Å²) < 4.78 is 5.70. The van der Waals surface area contributed by atoms with Crippen molar-refractivity contribution in [3.63, 3.8) is 0 Å². The lowest BCUT2D eigenvalue weighted by atomic mass is 9.74. The maximum atomic E-state index is 12.4. The molecule has 2 aliphatic rings. The van der Waals surface area contributed by atoms with Crippen LogP contribution >= 0.6 is 0 Å². The minimum Gasteiger partial charge on any atom is -0.464 e. The van der Waals surface area contributed by atoms with Gasteiger partial charge >= 0.3 is 5.97 Å². The zero-order chi connectivity index (χ0) is 15.7. The molecule has 0 amide bonds. The third kappa shape index (κ3) is 3.59. The summed E-state index contributed by atoms with van der Waals surface area (Å²) in [6.45, 7) is 9.10. The smallest absolute Gasteiger partial charge is 0.326 e. The van der Waals surface area contributed by atoms with Crippen LogP contribution in [0.2, 0.25) is 0 Å². The molecule has 0 radical (unpaired) electrons. The Morgan fingerprint density at radius 3 is 2.52 bits per heavy atom. The van der Waals surface area contributed by atoms with Crippen LogP contribution in [0.3, 0.4) is 0 Å². The number of hydrogen-bond donors (Lipinski definition) is 1. The number of rotatable bonds is 4. The highest BCUT2D eigenvalue weighted by molar-refractivity contribution is 5.80. The molecule has 1 saturated carbocycles. The molecule has 4 nitrogen and oxygen atoms in total. The van der Waals surface area contributed by atoms with Crippen molar-refractivity contribution in [2.75, 3.05) is 26.7 Å². The molecule has 2 N–H and O–H groups in total. The number of piperidine rings is 1. The predicted molar refractivity (Wildman–Crippen MR) is 84.9 cm³/mol. The normalized spacial score (nSPS) is 33.3. The van der Waals surface area contributed by atoms with Crippen LogP contribution in [0.1, 0.15) is 52.9 Å². The van der Waals surface area contributed by atoms with Gasteiger partial charge in [0.1, 0.15) is 5.54 Å². The Bertz CT molecular complexity index is 375. The fourth-order valence-corrected chi connectivity index (χ4v) is 4.17. The predicted octanol–water partition coefficient (Wildman–Crippen LogP) is 2.42. The summed E-state index contributed by atoms with van der Waals surface area (Å²) in [7, 11) is 2.07. The van der Waals surface area contributed by atoms with E-state index < -0.39 is 5.54 Å². The lowest BCUT2D eigenvalue weighted by Gasteiger charge is -2.38. The van der Waals surface area contributed by atoms with Gasteiger partial charge in [0.2, 0.25) is 0 Å². The summed E-state index contributed by atoms with van der Waals surface area (Å²) in [4.78, 5) is 14.7. The van der Waals surface area contributed by atoms with Crippen molar-refractivity contribution in [3.05, 3.63) is 0 Å². The molecule has 21 heavy (non-hydrogen) atoms. The Morgan fingerprint density at radius 1 is 1.33 bits per heavy atom. The van der Waals surface area contributed by atoms with E-state index >= 15 is 0 Å². The maximum absolute atomic E-state index is 12.4. The molecule has 2 rings (SSSR count). The molecule has 122 valence electrons. The van der Waals surface area contributed by atoms with Gasteiger partial charge in [0.05, 0.1) is 6.61 Å². The topological polar surface area (TPSA) is 55.6 Å². The Hall–Kier alpha value is -0.610. The second kappa shape index (κ2) is 6.25. The van der Waals surface area contributed by atoms with Crippen molar-refractivity contribution >= 4 is 5.97 Å². The summed E-state index contributed by atoms with van der Waals surface area (Å²) in [6, 6.07) is 0. The van der Waals surface area contributed by atoms with E-state index in [2.05, 4.69) is 32.7 Å². The van der Waals surface area contributed by atoms with Crippen LogP contribution in [0.5, 0.6) is 0 Å². The average molecular weight is 296 g/mol. The first-order valence-corrected chi connectivity index (χ1v) is 8.41. The molecule has 1 aliphatic carbocycles. The van der Waals surface area contributed by atoms with Crippen molar-refractivity contribution in [3.8, 4) is 0 Å². The Balaban J connectivity index is 1.91. The third-order valence-electron chi connectivity index (χ3n) is 5.78. The van der Waals surface area contributed by atoms with E-state index in [4.69, 9.17) is 10.5 Å². The molecule has 0 aromatic heterocycles. The van der Waals surface area contributed by atoms with Crippen LogP contribution < -0.4 is 5.73 Å². The van der Waals surface area contributed by atoms with E-state index in [9.17, 15) is 4.79 Å². The molecule has 2 atom stereocenters. The fraction of sp³-hybridized carbons (Fsp3) is 0.941. The van der Waals surface area contributed by atoms with E-state index in [0.717, 1.165) is 19.5 Å². The number of carbonyl (C=O) groups excluding carboxylic acids is 1. The van der Waals surface area contributed by atoms with Gasteiger partial charge in [0, 0.05) is 18.5 Å². The summed E-state index contributed by atoms with van der Waals surface area (Å²) in [6.07, 6.45) is 5.06. The van der Waals surface area contributed by atoms with Gasteiger partial charge in [0.15, 0.2) is 0 Å². The molecule has 0 bridgehead atoms. The Kier molecular flexibility index (Phi) is 4.99. The van der Waals surface area contributed by atoms with Crippen molar-refractivity contribution in [1.29, 1.82) is 0 Å². The second-order valence-corrected chi connectivity index (χ2v) is 7.93. The van der Waals surface area contributed by atoms with Gasteiger partial charge in [-0.15, -0.1) is 0 Å². The fourth-order valence-electron chi connectivity index (χ4n) is 4.17. The highest BCUT2D eigenvalue weighted by Crippen LogP contribution is 2.47. The molecule has 2 fully saturated rings. The first kappa shape index (κ1) is 16.8. The largest absolute Gasteiger partial charge is 0.464 e. The molecule has 1 saturated heterocycles. The standard InChI is InChI=1S/C17H32N2O2/c1-13(2)14-6-5-7-16(14,3)12-21-15(20)17(18)8-10-19(4)11-9-17/h13-14H,5-12,18H2,1-4H3. The zero-order valence-electron chi connectivity index (χ0n) is 14.2. The first-order chi connectivity index (χ1) is 9.77. The molecule has 1 heterocycles. The highest BCUT2D eigenvalue weighted by Gasteiger charge is 2.43. The molecule has 0 aromatic rings. The lowest BCUT2D eigenvalue weighted by Crippen LogP contribution is -2.56. The molecular formula is C17H32N2O2. The van der Waals surface area contributed by atoms with E-state index in [1.165, 1.54) is 12.8 Å². The van der Waals surface area contributed by atoms with Gasteiger partial charge in [-0.1, -0.05) is 27.2 Å². The van der Waals surface area contributed by atoms with Crippen molar-refractivity contribution in [2.24, 2.45) is 23.0 Å².